The van der Waals surface area contributed by atoms with Gasteiger partial charge in [-0.25, -0.2) is 0 Å². The Morgan fingerprint density at radius 1 is 1.24 bits per heavy atom. The highest BCUT2D eigenvalue weighted by molar-refractivity contribution is 6.16. The van der Waals surface area contributed by atoms with Crippen LogP contribution >= 0.6 is 0 Å². The van der Waals surface area contributed by atoms with E-state index in [0.29, 0.717) is 18.1 Å². The van der Waals surface area contributed by atoms with Gasteiger partial charge in [-0.05, 0) is 82.6 Å². The summed E-state index contributed by atoms with van der Waals surface area (Å²) in [6, 6.07) is 7.71. The highest BCUT2D eigenvalue weighted by Gasteiger charge is 2.31. The van der Waals surface area contributed by atoms with E-state index < -0.39 is 5.60 Å². The lowest BCUT2D eigenvalue weighted by molar-refractivity contribution is 0.0982. The van der Waals surface area contributed by atoms with E-state index in [0.717, 1.165) is 59.4 Å². The van der Waals surface area contributed by atoms with Gasteiger partial charge in [0.2, 0.25) is 0 Å². The molecule has 1 aliphatic carbocycles. The molecule has 1 N–H and O–H groups in total. The van der Waals surface area contributed by atoms with Gasteiger partial charge in [-0.3, -0.25) is 14.8 Å². The van der Waals surface area contributed by atoms with Crippen LogP contribution in [0.2, 0.25) is 0 Å². The number of ether oxygens (including phenoxy) is 1. The van der Waals surface area contributed by atoms with E-state index in [2.05, 4.69) is 29.6 Å². The van der Waals surface area contributed by atoms with Crippen LogP contribution in [-0.2, 0) is 4.74 Å². The van der Waals surface area contributed by atoms with Gasteiger partial charge in [0.15, 0.2) is 5.78 Å². The zero-order valence-electron chi connectivity index (χ0n) is 23.8. The quantitative estimate of drug-likeness (QED) is 0.209. The van der Waals surface area contributed by atoms with E-state index in [1.807, 2.05) is 50.3 Å². The first-order valence-corrected chi connectivity index (χ1v) is 13.5. The van der Waals surface area contributed by atoms with Crippen molar-refractivity contribution in [2.24, 2.45) is 21.8 Å². The van der Waals surface area contributed by atoms with Crippen molar-refractivity contribution in [2.75, 3.05) is 7.05 Å². The van der Waals surface area contributed by atoms with Gasteiger partial charge in [0.1, 0.15) is 11.5 Å². The van der Waals surface area contributed by atoms with Gasteiger partial charge in [-0.15, -0.1) is 0 Å². The topological polar surface area (TPSA) is 71.2 Å². The second-order valence-electron chi connectivity index (χ2n) is 10.9. The molecule has 0 saturated carbocycles. The molecule has 0 bridgehead atoms. The predicted octanol–water partition coefficient (Wildman–Crippen LogP) is 7.66. The molecular formula is C33H42N2O3. The van der Waals surface area contributed by atoms with Gasteiger partial charge in [-0.2, -0.15) is 0 Å². The summed E-state index contributed by atoms with van der Waals surface area (Å²) in [5.74, 6) is 2.42. The first kappa shape index (κ1) is 29.2. The van der Waals surface area contributed by atoms with Gasteiger partial charge >= 0.3 is 0 Å². The number of benzene rings is 1. The molecule has 1 heterocycles. The average Bonchev–Trinajstić information content (AvgIpc) is 3.03. The number of Topliss-reactive ketones (excluding diaryl/α,β-unsaturated/α-hetero) is 1. The third kappa shape index (κ3) is 7.84. The fraction of sp³-hybridized carbons (Fsp3) is 0.424. The molecule has 0 spiro atoms. The molecule has 5 heteroatoms. The summed E-state index contributed by atoms with van der Waals surface area (Å²) in [5.41, 5.74) is 4.26. The number of aliphatic hydroxyl groups is 1. The first-order chi connectivity index (χ1) is 18.0. The Labute approximate surface area is 228 Å². The molecule has 2 aliphatic rings. The highest BCUT2D eigenvalue weighted by Crippen LogP contribution is 2.40. The predicted molar refractivity (Wildman–Crippen MR) is 158 cm³/mol. The number of aliphatic imine (C=N–C) groups is 2. The Hall–Kier alpha value is -3.31. The molecule has 1 aromatic carbocycles. The molecule has 3 rings (SSSR count). The fourth-order valence-electron chi connectivity index (χ4n) is 5.38. The normalized spacial score (nSPS) is 21.4. The molecule has 202 valence electrons. The van der Waals surface area contributed by atoms with Crippen molar-refractivity contribution < 1.29 is 14.6 Å². The van der Waals surface area contributed by atoms with Crippen LogP contribution in [0, 0.1) is 11.8 Å². The van der Waals surface area contributed by atoms with Gasteiger partial charge in [-0.1, -0.05) is 49.4 Å². The highest BCUT2D eigenvalue weighted by atomic mass is 16.5. The summed E-state index contributed by atoms with van der Waals surface area (Å²) >= 11 is 0. The SMILES string of the molecule is C=C1C=C(C2CCC(C)C=C(CCC(=O)c3ccccc3C=C(C)N=CC=NC)C2)OC(C)=C1C(C)(C)O. The van der Waals surface area contributed by atoms with Crippen LogP contribution in [0.15, 0.2) is 86.9 Å². The average molecular weight is 515 g/mol. The Morgan fingerprint density at radius 3 is 2.66 bits per heavy atom. The van der Waals surface area contributed by atoms with Gasteiger partial charge < -0.3 is 9.84 Å². The fourth-order valence-corrected chi connectivity index (χ4v) is 5.38. The van der Waals surface area contributed by atoms with E-state index in [-0.39, 0.29) is 11.7 Å². The maximum Gasteiger partial charge on any atom is 0.163 e. The van der Waals surface area contributed by atoms with Crippen LogP contribution in [-0.4, -0.2) is 36.0 Å². The summed E-state index contributed by atoms with van der Waals surface area (Å²) < 4.78 is 6.26. The maximum atomic E-state index is 13.3. The molecule has 0 radical (unpaired) electrons. The van der Waals surface area contributed by atoms with E-state index in [1.165, 1.54) is 5.57 Å². The standard InChI is InChI=1S/C33H42N2O3/c1-22-12-14-28(31-19-23(2)32(25(4)38-31)33(5,6)37)21-26(18-22)13-15-30(36)29-11-9-8-10-27(29)20-24(3)35-17-16-34-7/h8-11,16-20,22,28,37H,2,12-15,21H2,1,3-7H3. The molecule has 1 aromatic rings. The van der Waals surface area contributed by atoms with Gasteiger partial charge in [0, 0.05) is 48.6 Å². The van der Waals surface area contributed by atoms with Crippen molar-refractivity contribution in [3.05, 3.63) is 88.1 Å². The van der Waals surface area contributed by atoms with Crippen LogP contribution in [0.3, 0.4) is 0 Å². The minimum absolute atomic E-state index is 0.133. The minimum Gasteiger partial charge on any atom is -0.466 e. The van der Waals surface area contributed by atoms with Crippen LogP contribution in [0.25, 0.3) is 6.08 Å². The number of hydrogen-bond acceptors (Lipinski definition) is 5. The van der Waals surface area contributed by atoms with Crippen LogP contribution in [0.5, 0.6) is 0 Å². The summed E-state index contributed by atoms with van der Waals surface area (Å²) in [5, 5.41) is 10.5. The largest absolute Gasteiger partial charge is 0.466 e. The summed E-state index contributed by atoms with van der Waals surface area (Å²) in [6.45, 7) is 13.8. The number of ketones is 1. The lowest BCUT2D eigenvalue weighted by atomic mass is 9.86. The van der Waals surface area contributed by atoms with Crippen molar-refractivity contribution in [1.82, 2.24) is 0 Å². The van der Waals surface area contributed by atoms with E-state index in [1.54, 1.807) is 33.3 Å². The van der Waals surface area contributed by atoms with Crippen molar-refractivity contribution in [2.45, 2.75) is 72.3 Å². The lowest BCUT2D eigenvalue weighted by Crippen LogP contribution is -2.27. The summed E-state index contributed by atoms with van der Waals surface area (Å²) in [7, 11) is 1.70. The monoisotopic (exact) mass is 514 g/mol. The molecule has 0 aromatic heterocycles. The van der Waals surface area contributed by atoms with Crippen molar-refractivity contribution >= 4 is 24.3 Å². The van der Waals surface area contributed by atoms with Crippen molar-refractivity contribution in [3.63, 3.8) is 0 Å². The Kier molecular flexibility index (Phi) is 9.98. The molecule has 2 unspecified atom stereocenters. The van der Waals surface area contributed by atoms with Gasteiger partial charge in [0.25, 0.3) is 0 Å². The first-order valence-electron chi connectivity index (χ1n) is 13.5. The smallest absolute Gasteiger partial charge is 0.163 e. The van der Waals surface area contributed by atoms with Crippen molar-refractivity contribution in [3.8, 4) is 0 Å². The second kappa shape index (κ2) is 13.0. The lowest BCUT2D eigenvalue weighted by Gasteiger charge is -2.31. The Morgan fingerprint density at radius 2 is 1.97 bits per heavy atom. The van der Waals surface area contributed by atoms with E-state index in [9.17, 15) is 9.90 Å². The third-order valence-electron chi connectivity index (χ3n) is 7.07. The molecule has 0 saturated heterocycles. The third-order valence-corrected chi connectivity index (χ3v) is 7.07. The number of hydrogen-bond donors (Lipinski definition) is 1. The number of rotatable bonds is 9. The van der Waals surface area contributed by atoms with Crippen LogP contribution in [0.4, 0.5) is 0 Å². The molecule has 5 nitrogen and oxygen atoms in total. The number of allylic oxidation sites excluding steroid dienone is 6. The number of carbonyl (C=O) groups excluding carboxylic acids is 1. The molecule has 0 amide bonds. The molecule has 1 aliphatic heterocycles. The summed E-state index contributed by atoms with van der Waals surface area (Å²) in [4.78, 5) is 21.6. The summed E-state index contributed by atoms with van der Waals surface area (Å²) in [6.07, 6.45) is 13.7. The van der Waals surface area contributed by atoms with Crippen LogP contribution < -0.4 is 0 Å². The molecule has 2 atom stereocenters. The molecule has 0 fully saturated rings. The zero-order valence-corrected chi connectivity index (χ0v) is 23.8. The van der Waals surface area contributed by atoms with E-state index in [4.69, 9.17) is 4.74 Å². The van der Waals surface area contributed by atoms with Gasteiger partial charge in [0.05, 0.1) is 5.60 Å². The number of carbonyl (C=O) groups is 1. The van der Waals surface area contributed by atoms with E-state index >= 15 is 0 Å². The maximum absolute atomic E-state index is 13.3. The Balaban J connectivity index is 1.72. The number of nitrogens with zero attached hydrogens (tertiary/aromatic N) is 2. The molecular weight excluding hydrogens is 472 g/mol. The molecule has 38 heavy (non-hydrogen) atoms. The second-order valence-corrected chi connectivity index (χ2v) is 10.9. The van der Waals surface area contributed by atoms with Crippen molar-refractivity contribution in [1.29, 1.82) is 0 Å². The Bertz CT molecular complexity index is 1230. The van der Waals surface area contributed by atoms with Crippen LogP contribution in [0.1, 0.15) is 82.6 Å². The zero-order chi connectivity index (χ0) is 27.9. The minimum atomic E-state index is -1.01.